The highest BCUT2D eigenvalue weighted by molar-refractivity contribution is 5.92. The van der Waals surface area contributed by atoms with Crippen molar-refractivity contribution in [2.45, 2.75) is 26.5 Å². The lowest BCUT2D eigenvalue weighted by molar-refractivity contribution is -0.0500. The molecule has 0 aliphatic carbocycles. The Kier molecular flexibility index (Phi) is 4.20. The topological polar surface area (TPSA) is 69.9 Å². The van der Waals surface area contributed by atoms with Crippen molar-refractivity contribution in [2.75, 3.05) is 0 Å². The van der Waals surface area contributed by atoms with Gasteiger partial charge < -0.3 is 4.74 Å². The van der Waals surface area contributed by atoms with E-state index >= 15 is 0 Å². The van der Waals surface area contributed by atoms with Crippen LogP contribution in [0, 0.1) is 0 Å². The van der Waals surface area contributed by atoms with E-state index < -0.39 is 6.61 Å². The van der Waals surface area contributed by atoms with Crippen LogP contribution < -0.4 is 4.74 Å². The molecule has 0 saturated heterocycles. The summed E-state index contributed by atoms with van der Waals surface area (Å²) in [6, 6.07) is 3.15. The van der Waals surface area contributed by atoms with Crippen molar-refractivity contribution in [2.24, 2.45) is 0 Å². The number of aromatic nitrogens is 4. The van der Waals surface area contributed by atoms with E-state index in [0.29, 0.717) is 34.1 Å². The van der Waals surface area contributed by atoms with E-state index in [1.807, 2.05) is 13.8 Å². The predicted molar refractivity (Wildman–Crippen MR) is 83.2 cm³/mol. The maximum absolute atomic E-state index is 12.4. The molecule has 0 spiro atoms. The molecule has 0 radical (unpaired) electrons. The first kappa shape index (κ1) is 16.0. The van der Waals surface area contributed by atoms with Crippen LogP contribution in [0.4, 0.5) is 8.78 Å². The molecule has 3 rings (SSSR count). The van der Waals surface area contributed by atoms with Gasteiger partial charge >= 0.3 is 6.61 Å². The zero-order chi connectivity index (χ0) is 17.3. The monoisotopic (exact) mass is 332 g/mol. The fourth-order valence-corrected chi connectivity index (χ4v) is 2.40. The quantitative estimate of drug-likeness (QED) is 0.669. The van der Waals surface area contributed by atoms with E-state index in [2.05, 4.69) is 19.8 Å². The first-order chi connectivity index (χ1) is 11.5. The number of pyridine rings is 2. The van der Waals surface area contributed by atoms with Gasteiger partial charge in [-0.3, -0.25) is 19.4 Å². The molecular weight excluding hydrogens is 318 g/mol. The van der Waals surface area contributed by atoms with Gasteiger partial charge in [0.1, 0.15) is 17.0 Å². The summed E-state index contributed by atoms with van der Waals surface area (Å²) in [4.78, 5) is 19.2. The Morgan fingerprint density at radius 1 is 1.21 bits per heavy atom. The van der Waals surface area contributed by atoms with Crippen molar-refractivity contribution >= 4 is 17.3 Å². The first-order valence-electron chi connectivity index (χ1n) is 7.23. The third kappa shape index (κ3) is 2.94. The van der Waals surface area contributed by atoms with Crippen LogP contribution in [0.15, 0.2) is 30.7 Å². The minimum absolute atomic E-state index is 0.0263. The molecule has 8 heteroatoms. The van der Waals surface area contributed by atoms with Crippen molar-refractivity contribution < 1.29 is 18.3 Å². The van der Waals surface area contributed by atoms with Crippen LogP contribution in [0.1, 0.15) is 30.2 Å². The lowest BCUT2D eigenvalue weighted by Crippen LogP contribution is -2.03. The van der Waals surface area contributed by atoms with Gasteiger partial charge in [-0.1, -0.05) is 0 Å². The molecule has 0 bridgehead atoms. The standard InChI is InChI=1S/C16H14F2N4O2/c1-9(2)22-13-3-10(8-23)5-20-15(13)14(21-22)11-4-12(7-19-6-11)24-16(17)18/h3-9,16H,1-2H3. The Hall–Kier alpha value is -2.90. The van der Waals surface area contributed by atoms with Crippen molar-refractivity contribution in [1.29, 1.82) is 0 Å². The van der Waals surface area contributed by atoms with E-state index in [-0.39, 0.29) is 11.8 Å². The largest absolute Gasteiger partial charge is 0.433 e. The summed E-state index contributed by atoms with van der Waals surface area (Å²) in [6.07, 6.45) is 4.86. The number of fused-ring (bicyclic) bond motifs is 1. The number of rotatable bonds is 5. The number of alkyl halides is 2. The van der Waals surface area contributed by atoms with E-state index in [1.54, 1.807) is 10.7 Å². The van der Waals surface area contributed by atoms with Crippen LogP contribution in [0.5, 0.6) is 5.75 Å². The van der Waals surface area contributed by atoms with Crippen molar-refractivity contribution in [3.05, 3.63) is 36.3 Å². The van der Waals surface area contributed by atoms with Gasteiger partial charge in [0.25, 0.3) is 0 Å². The van der Waals surface area contributed by atoms with Crippen molar-refractivity contribution in [3.63, 3.8) is 0 Å². The van der Waals surface area contributed by atoms with Crippen LogP contribution in [0.3, 0.4) is 0 Å². The minimum atomic E-state index is -2.93. The molecule has 0 saturated carbocycles. The first-order valence-corrected chi connectivity index (χ1v) is 7.23. The van der Waals surface area contributed by atoms with Gasteiger partial charge in [-0.05, 0) is 26.0 Å². The van der Waals surface area contributed by atoms with E-state index in [4.69, 9.17) is 0 Å². The zero-order valence-corrected chi connectivity index (χ0v) is 13.0. The molecule has 0 aromatic carbocycles. The number of ether oxygens (including phenoxy) is 1. The Bertz CT molecular complexity index is 893. The molecule has 0 unspecified atom stereocenters. The Labute approximate surface area is 136 Å². The number of nitrogens with zero attached hydrogens (tertiary/aromatic N) is 4. The molecule has 0 atom stereocenters. The van der Waals surface area contributed by atoms with Gasteiger partial charge in [0, 0.05) is 29.6 Å². The van der Waals surface area contributed by atoms with Crippen LogP contribution >= 0.6 is 0 Å². The van der Waals surface area contributed by atoms with Gasteiger partial charge in [0.2, 0.25) is 0 Å². The molecule has 6 nitrogen and oxygen atoms in total. The number of hydrogen-bond donors (Lipinski definition) is 0. The molecule has 3 heterocycles. The fraction of sp³-hybridized carbons (Fsp3) is 0.250. The molecule has 24 heavy (non-hydrogen) atoms. The summed E-state index contributed by atoms with van der Waals surface area (Å²) in [5.74, 6) is -0.0562. The summed E-state index contributed by atoms with van der Waals surface area (Å²) in [6.45, 7) is 0.955. The molecular formula is C16H14F2N4O2. The molecule has 0 aliphatic rings. The fourth-order valence-electron chi connectivity index (χ4n) is 2.40. The number of carbonyl (C=O) groups is 1. The average molecular weight is 332 g/mol. The van der Waals surface area contributed by atoms with E-state index in [9.17, 15) is 13.6 Å². The third-order valence-corrected chi connectivity index (χ3v) is 3.40. The average Bonchev–Trinajstić information content (AvgIpc) is 2.93. The summed E-state index contributed by atoms with van der Waals surface area (Å²) < 4.78 is 30.9. The Morgan fingerprint density at radius 2 is 2.00 bits per heavy atom. The highest BCUT2D eigenvalue weighted by Crippen LogP contribution is 2.30. The predicted octanol–water partition coefficient (Wildman–Crippen LogP) is 3.49. The highest BCUT2D eigenvalue weighted by atomic mass is 19.3. The smallest absolute Gasteiger partial charge is 0.387 e. The Balaban J connectivity index is 2.18. The van der Waals surface area contributed by atoms with Crippen molar-refractivity contribution in [3.8, 4) is 17.0 Å². The molecule has 0 fully saturated rings. The number of aldehydes is 1. The van der Waals surface area contributed by atoms with Gasteiger partial charge in [0.05, 0.1) is 11.7 Å². The summed E-state index contributed by atoms with van der Waals surface area (Å²) in [5.41, 5.74) is 2.67. The molecule has 0 aliphatic heterocycles. The van der Waals surface area contributed by atoms with Gasteiger partial charge in [-0.15, -0.1) is 0 Å². The van der Waals surface area contributed by atoms with Gasteiger partial charge in [-0.2, -0.15) is 13.9 Å². The molecule has 3 aromatic heterocycles. The van der Waals surface area contributed by atoms with Gasteiger partial charge in [0.15, 0.2) is 6.29 Å². The second kappa shape index (κ2) is 6.31. The van der Waals surface area contributed by atoms with E-state index in [1.165, 1.54) is 24.7 Å². The van der Waals surface area contributed by atoms with Crippen LogP contribution in [0.25, 0.3) is 22.3 Å². The van der Waals surface area contributed by atoms with Crippen LogP contribution in [-0.2, 0) is 0 Å². The maximum Gasteiger partial charge on any atom is 0.387 e. The van der Waals surface area contributed by atoms with Crippen LogP contribution in [-0.4, -0.2) is 32.6 Å². The SMILES string of the molecule is CC(C)n1nc(-c2cncc(OC(F)F)c2)c2ncc(C=O)cc21. The molecule has 3 aromatic rings. The summed E-state index contributed by atoms with van der Waals surface area (Å²) in [7, 11) is 0. The van der Waals surface area contributed by atoms with Crippen LogP contribution in [0.2, 0.25) is 0 Å². The summed E-state index contributed by atoms with van der Waals surface area (Å²) >= 11 is 0. The summed E-state index contributed by atoms with van der Waals surface area (Å²) in [5, 5.41) is 4.51. The highest BCUT2D eigenvalue weighted by Gasteiger charge is 2.17. The second-order valence-electron chi connectivity index (χ2n) is 5.43. The molecule has 124 valence electrons. The number of hydrogen-bond acceptors (Lipinski definition) is 5. The molecule has 0 N–H and O–H groups in total. The third-order valence-electron chi connectivity index (χ3n) is 3.40. The normalized spacial score (nSPS) is 11.4. The molecule has 0 amide bonds. The lowest BCUT2D eigenvalue weighted by atomic mass is 10.1. The zero-order valence-electron chi connectivity index (χ0n) is 13.0. The second-order valence-corrected chi connectivity index (χ2v) is 5.43. The van der Waals surface area contributed by atoms with Gasteiger partial charge in [-0.25, -0.2) is 0 Å². The maximum atomic E-state index is 12.4. The van der Waals surface area contributed by atoms with Crippen molar-refractivity contribution in [1.82, 2.24) is 19.7 Å². The number of halogens is 2. The Morgan fingerprint density at radius 3 is 2.67 bits per heavy atom. The lowest BCUT2D eigenvalue weighted by Gasteiger charge is -2.06. The number of carbonyl (C=O) groups excluding carboxylic acids is 1. The minimum Gasteiger partial charge on any atom is -0.433 e. The van der Waals surface area contributed by atoms with E-state index in [0.717, 1.165) is 0 Å².